The van der Waals surface area contributed by atoms with Crippen molar-refractivity contribution in [2.75, 3.05) is 31.9 Å². The first-order valence-electron chi connectivity index (χ1n) is 9.24. The summed E-state index contributed by atoms with van der Waals surface area (Å²) < 4.78 is 25.8. The van der Waals surface area contributed by atoms with Crippen LogP contribution >= 0.6 is 0 Å². The van der Waals surface area contributed by atoms with Crippen LogP contribution < -0.4 is 0 Å². The second kappa shape index (κ2) is 6.71. The van der Waals surface area contributed by atoms with Crippen LogP contribution in [0.2, 0.25) is 0 Å². The summed E-state index contributed by atoms with van der Waals surface area (Å²) in [7, 11) is -3.18. The Morgan fingerprint density at radius 1 is 1.09 bits per heavy atom. The van der Waals surface area contributed by atoms with Crippen LogP contribution in [-0.4, -0.2) is 55.5 Å². The molecule has 0 bridgehead atoms. The van der Waals surface area contributed by atoms with Gasteiger partial charge in [0.15, 0.2) is 0 Å². The first-order valence-corrected chi connectivity index (χ1v) is 10.8. The Kier molecular flexibility index (Phi) is 5.02. The van der Waals surface area contributed by atoms with Gasteiger partial charge in [0, 0.05) is 26.2 Å². The van der Waals surface area contributed by atoms with E-state index < -0.39 is 15.4 Å². The number of hydrogen-bond acceptors (Lipinski definition) is 3. The van der Waals surface area contributed by atoms with E-state index >= 15 is 0 Å². The van der Waals surface area contributed by atoms with Crippen LogP contribution in [0, 0.1) is 11.3 Å². The molecule has 1 amide bonds. The van der Waals surface area contributed by atoms with Gasteiger partial charge in [0.05, 0.1) is 11.2 Å². The highest BCUT2D eigenvalue weighted by Gasteiger charge is 2.50. The highest BCUT2D eigenvalue weighted by atomic mass is 32.2. The summed E-state index contributed by atoms with van der Waals surface area (Å²) in [4.78, 5) is 15.1. The zero-order valence-electron chi connectivity index (χ0n) is 14.3. The summed E-state index contributed by atoms with van der Waals surface area (Å²) in [5.41, 5.74) is -0.435. The number of likely N-dealkylation sites (tertiary alicyclic amines) is 1. The fourth-order valence-corrected chi connectivity index (χ4v) is 5.82. The predicted octanol–water partition coefficient (Wildman–Crippen LogP) is 2.23. The summed E-state index contributed by atoms with van der Waals surface area (Å²) >= 11 is 0. The Morgan fingerprint density at radius 2 is 1.83 bits per heavy atom. The van der Waals surface area contributed by atoms with Crippen molar-refractivity contribution in [2.45, 2.75) is 58.3 Å². The Balaban J connectivity index is 1.67. The molecule has 0 aromatic heterocycles. The predicted molar refractivity (Wildman–Crippen MR) is 90.5 cm³/mol. The van der Waals surface area contributed by atoms with Gasteiger partial charge in [-0.25, -0.2) is 12.7 Å². The normalized spacial score (nSPS) is 31.2. The van der Waals surface area contributed by atoms with Crippen molar-refractivity contribution >= 4 is 15.9 Å². The molecule has 132 valence electrons. The van der Waals surface area contributed by atoms with Crippen LogP contribution in [0.5, 0.6) is 0 Å². The van der Waals surface area contributed by atoms with E-state index in [1.165, 1.54) is 32.1 Å². The molecular formula is C17H30N2O3S. The molecule has 2 heterocycles. The van der Waals surface area contributed by atoms with Crippen molar-refractivity contribution in [3.63, 3.8) is 0 Å². The van der Waals surface area contributed by atoms with Crippen LogP contribution in [0.4, 0.5) is 0 Å². The monoisotopic (exact) mass is 342 g/mol. The molecule has 0 aromatic carbocycles. The summed E-state index contributed by atoms with van der Waals surface area (Å²) in [6, 6.07) is 0. The minimum Gasteiger partial charge on any atom is -0.342 e. The summed E-state index contributed by atoms with van der Waals surface area (Å²) in [5.74, 6) is 1.01. The number of rotatable bonds is 4. The summed E-state index contributed by atoms with van der Waals surface area (Å²) in [5, 5.41) is 0. The Hall–Kier alpha value is -0.620. The van der Waals surface area contributed by atoms with Crippen LogP contribution in [0.3, 0.4) is 0 Å². The zero-order chi connectivity index (χ0) is 16.5. The van der Waals surface area contributed by atoms with Gasteiger partial charge >= 0.3 is 0 Å². The van der Waals surface area contributed by atoms with E-state index in [0.29, 0.717) is 25.4 Å². The maximum atomic E-state index is 13.1. The first-order chi connectivity index (χ1) is 11.0. The molecule has 1 saturated carbocycles. The highest BCUT2D eigenvalue weighted by Crippen LogP contribution is 2.41. The summed E-state index contributed by atoms with van der Waals surface area (Å²) in [6.07, 6.45) is 8.96. The molecule has 23 heavy (non-hydrogen) atoms. The van der Waals surface area contributed by atoms with Gasteiger partial charge in [0.25, 0.3) is 0 Å². The standard InChI is InChI=1S/C17H30N2O3S/c1-2-23(21,22)19-12-10-17(14-19)9-6-11-18(16(17)20)13-15-7-4-3-5-8-15/h15H,2-14H2,1H3/t17-/m1/s1. The number of nitrogens with zero attached hydrogens (tertiary/aromatic N) is 2. The number of carbonyl (C=O) groups excluding carboxylic acids is 1. The SMILES string of the molecule is CCS(=O)(=O)N1CC[C@]2(CCCN(CC3CCCCC3)C2=O)C1. The zero-order valence-corrected chi connectivity index (χ0v) is 15.1. The molecular weight excluding hydrogens is 312 g/mol. The van der Waals surface area contributed by atoms with E-state index in [-0.39, 0.29) is 11.7 Å². The average Bonchev–Trinajstić information content (AvgIpc) is 2.99. The minimum absolute atomic E-state index is 0.128. The fourth-order valence-electron chi connectivity index (χ4n) is 4.64. The molecule has 1 atom stereocenters. The second-order valence-corrected chi connectivity index (χ2v) is 9.88. The van der Waals surface area contributed by atoms with Crippen molar-refractivity contribution in [1.82, 2.24) is 9.21 Å². The molecule has 3 fully saturated rings. The van der Waals surface area contributed by atoms with E-state index in [9.17, 15) is 13.2 Å². The smallest absolute Gasteiger partial charge is 0.230 e. The number of hydrogen-bond donors (Lipinski definition) is 0. The molecule has 3 rings (SSSR count). The number of carbonyl (C=O) groups is 1. The average molecular weight is 343 g/mol. The van der Waals surface area contributed by atoms with Crippen LogP contribution in [0.15, 0.2) is 0 Å². The molecule has 1 aliphatic carbocycles. The van der Waals surface area contributed by atoms with Crippen molar-refractivity contribution in [3.05, 3.63) is 0 Å². The minimum atomic E-state index is -3.18. The third-order valence-electron chi connectivity index (χ3n) is 6.10. The molecule has 0 N–H and O–H groups in total. The van der Waals surface area contributed by atoms with Gasteiger partial charge < -0.3 is 4.90 Å². The number of piperidine rings is 1. The summed E-state index contributed by atoms with van der Waals surface area (Å²) in [6.45, 7) is 4.35. The molecule has 0 unspecified atom stereocenters. The third kappa shape index (κ3) is 3.43. The third-order valence-corrected chi connectivity index (χ3v) is 7.93. The maximum absolute atomic E-state index is 13.1. The van der Waals surface area contributed by atoms with E-state index in [1.807, 2.05) is 0 Å². The van der Waals surface area contributed by atoms with Crippen molar-refractivity contribution < 1.29 is 13.2 Å². The van der Waals surface area contributed by atoms with Gasteiger partial charge in [-0.05, 0) is 44.9 Å². The largest absolute Gasteiger partial charge is 0.342 e. The lowest BCUT2D eigenvalue weighted by Crippen LogP contribution is -2.51. The molecule has 3 aliphatic rings. The number of amides is 1. The molecule has 6 heteroatoms. The van der Waals surface area contributed by atoms with Gasteiger partial charge in [0.1, 0.15) is 0 Å². The Bertz CT molecular complexity index is 542. The van der Waals surface area contributed by atoms with Crippen molar-refractivity contribution in [3.8, 4) is 0 Å². The lowest BCUT2D eigenvalue weighted by molar-refractivity contribution is -0.146. The quantitative estimate of drug-likeness (QED) is 0.787. The van der Waals surface area contributed by atoms with Gasteiger partial charge in [-0.15, -0.1) is 0 Å². The molecule has 5 nitrogen and oxygen atoms in total. The fraction of sp³-hybridized carbons (Fsp3) is 0.941. The Labute approximate surface area is 140 Å². The first kappa shape index (κ1) is 17.2. The lowest BCUT2D eigenvalue weighted by atomic mass is 9.77. The molecule has 0 radical (unpaired) electrons. The van der Waals surface area contributed by atoms with Gasteiger partial charge in [-0.2, -0.15) is 0 Å². The van der Waals surface area contributed by atoms with Crippen molar-refractivity contribution in [1.29, 1.82) is 0 Å². The number of sulfonamides is 1. The van der Waals surface area contributed by atoms with Gasteiger partial charge in [0.2, 0.25) is 15.9 Å². The van der Waals surface area contributed by atoms with E-state index in [0.717, 1.165) is 25.9 Å². The molecule has 1 spiro atoms. The van der Waals surface area contributed by atoms with E-state index in [4.69, 9.17) is 0 Å². The van der Waals surface area contributed by atoms with Gasteiger partial charge in [-0.3, -0.25) is 4.79 Å². The maximum Gasteiger partial charge on any atom is 0.230 e. The van der Waals surface area contributed by atoms with Crippen molar-refractivity contribution in [2.24, 2.45) is 11.3 Å². The van der Waals surface area contributed by atoms with Crippen LogP contribution in [0.25, 0.3) is 0 Å². The van der Waals surface area contributed by atoms with Crippen LogP contribution in [-0.2, 0) is 14.8 Å². The molecule has 0 aromatic rings. The van der Waals surface area contributed by atoms with Gasteiger partial charge in [-0.1, -0.05) is 19.3 Å². The Morgan fingerprint density at radius 3 is 2.52 bits per heavy atom. The second-order valence-electron chi connectivity index (χ2n) is 7.62. The highest BCUT2D eigenvalue weighted by molar-refractivity contribution is 7.89. The topological polar surface area (TPSA) is 57.7 Å². The van der Waals surface area contributed by atoms with E-state index in [2.05, 4.69) is 4.90 Å². The molecule has 2 saturated heterocycles. The van der Waals surface area contributed by atoms with Crippen LogP contribution in [0.1, 0.15) is 58.3 Å². The lowest BCUT2D eigenvalue weighted by Gasteiger charge is -2.41. The van der Waals surface area contributed by atoms with E-state index in [1.54, 1.807) is 11.2 Å². The molecule has 2 aliphatic heterocycles.